The third-order valence-electron chi connectivity index (χ3n) is 1.84. The monoisotopic (exact) mass is 188 g/mol. The Balaban J connectivity index is 2.80. The molecule has 0 bridgehead atoms. The van der Waals surface area contributed by atoms with E-state index < -0.39 is 0 Å². The normalized spacial score (nSPS) is 10.1. The molecule has 0 aromatic carbocycles. The summed E-state index contributed by atoms with van der Waals surface area (Å²) in [4.78, 5) is 8.21. The fourth-order valence-electron chi connectivity index (χ4n) is 1.28. The molecule has 0 fully saturated rings. The number of methoxy groups -OCH3 is 1. The van der Waals surface area contributed by atoms with Crippen molar-refractivity contribution in [2.75, 3.05) is 7.11 Å². The second-order valence-corrected chi connectivity index (χ2v) is 2.86. The van der Waals surface area contributed by atoms with Gasteiger partial charge in [0.05, 0.1) is 12.8 Å². The van der Waals surface area contributed by atoms with E-state index in [4.69, 9.17) is 10.00 Å². The van der Waals surface area contributed by atoms with Gasteiger partial charge in [0.15, 0.2) is 5.69 Å². The third-order valence-corrected chi connectivity index (χ3v) is 1.84. The van der Waals surface area contributed by atoms with E-state index in [1.807, 2.05) is 19.2 Å². The molecule has 2 rings (SSSR count). The van der Waals surface area contributed by atoms with E-state index in [-0.39, 0.29) is 0 Å². The Morgan fingerprint density at radius 1 is 1.43 bits per heavy atom. The Hall–Kier alpha value is -2.09. The Kier molecular flexibility index (Phi) is 1.82. The first-order chi connectivity index (χ1) is 6.74. The Bertz CT molecular complexity index is 523. The first-order valence-electron chi connectivity index (χ1n) is 4.05. The number of hydrogen-bond donors (Lipinski definition) is 0. The van der Waals surface area contributed by atoms with Crippen LogP contribution < -0.4 is 4.74 Å². The summed E-state index contributed by atoms with van der Waals surface area (Å²) in [6.07, 6.45) is 3.44. The fourth-order valence-corrected chi connectivity index (χ4v) is 1.28. The van der Waals surface area contributed by atoms with E-state index in [1.165, 1.54) is 7.11 Å². The van der Waals surface area contributed by atoms with Gasteiger partial charge in [-0.2, -0.15) is 10.2 Å². The van der Waals surface area contributed by atoms with Crippen LogP contribution in [0.5, 0.6) is 5.88 Å². The van der Waals surface area contributed by atoms with Crippen LogP contribution in [0, 0.1) is 18.3 Å². The van der Waals surface area contributed by atoms with Gasteiger partial charge < -0.3 is 4.74 Å². The number of nitriles is 1. The maximum Gasteiger partial charge on any atom is 0.259 e. The van der Waals surface area contributed by atoms with Gasteiger partial charge in [0.1, 0.15) is 6.07 Å². The second-order valence-electron chi connectivity index (χ2n) is 2.86. The molecule has 5 heteroatoms. The average molecular weight is 188 g/mol. The van der Waals surface area contributed by atoms with E-state index in [2.05, 4.69) is 9.97 Å². The predicted molar refractivity (Wildman–Crippen MR) is 49.0 cm³/mol. The topological polar surface area (TPSA) is 63.2 Å². The molecule has 14 heavy (non-hydrogen) atoms. The van der Waals surface area contributed by atoms with Crippen LogP contribution in [0.2, 0.25) is 0 Å². The molecule has 0 spiro atoms. The summed E-state index contributed by atoms with van der Waals surface area (Å²) in [5.41, 5.74) is 1.80. The summed E-state index contributed by atoms with van der Waals surface area (Å²) in [6, 6.07) is 1.96. The lowest BCUT2D eigenvalue weighted by atomic mass is 10.5. The maximum absolute atomic E-state index is 8.72. The lowest BCUT2D eigenvalue weighted by Gasteiger charge is -2.00. The summed E-state index contributed by atoms with van der Waals surface area (Å²) < 4.78 is 6.77. The molecule has 5 nitrogen and oxygen atoms in total. The van der Waals surface area contributed by atoms with Crippen LogP contribution in [0.4, 0.5) is 0 Å². The highest BCUT2D eigenvalue weighted by Crippen LogP contribution is 2.16. The summed E-state index contributed by atoms with van der Waals surface area (Å²) in [6.45, 7) is 1.87. The van der Waals surface area contributed by atoms with Gasteiger partial charge in [-0.15, -0.1) is 0 Å². The molecule has 0 aliphatic carbocycles. The summed E-state index contributed by atoms with van der Waals surface area (Å²) >= 11 is 0. The molecule has 0 unspecified atom stereocenters. The molecule has 0 atom stereocenters. The molecular formula is C9H8N4O. The second kappa shape index (κ2) is 3.00. The van der Waals surface area contributed by atoms with Crippen molar-refractivity contribution in [3.05, 3.63) is 23.8 Å². The van der Waals surface area contributed by atoms with Crippen molar-refractivity contribution < 1.29 is 4.74 Å². The standard InChI is InChI=1S/C9H8N4O/c1-6-4-13-5-7(3-10)12-9(14-2)8(13)11-6/h4-5H,1-2H3. The number of nitrogens with zero attached hydrogens (tertiary/aromatic N) is 4. The Morgan fingerprint density at radius 3 is 2.86 bits per heavy atom. The van der Waals surface area contributed by atoms with Crippen LogP contribution in [-0.4, -0.2) is 21.5 Å². The van der Waals surface area contributed by atoms with Crippen LogP contribution >= 0.6 is 0 Å². The van der Waals surface area contributed by atoms with Gasteiger partial charge in [-0.3, -0.25) is 4.40 Å². The summed E-state index contributed by atoms with van der Waals surface area (Å²) in [7, 11) is 1.51. The fraction of sp³-hybridized carbons (Fsp3) is 0.222. The van der Waals surface area contributed by atoms with Crippen LogP contribution in [0.1, 0.15) is 11.4 Å². The third kappa shape index (κ3) is 1.17. The van der Waals surface area contributed by atoms with Crippen molar-refractivity contribution in [1.82, 2.24) is 14.4 Å². The Morgan fingerprint density at radius 2 is 2.21 bits per heavy atom. The van der Waals surface area contributed by atoms with E-state index in [0.717, 1.165) is 5.69 Å². The lowest BCUT2D eigenvalue weighted by Crippen LogP contribution is -1.96. The quantitative estimate of drug-likeness (QED) is 0.667. The van der Waals surface area contributed by atoms with Crippen molar-refractivity contribution in [3.63, 3.8) is 0 Å². The zero-order valence-electron chi connectivity index (χ0n) is 7.85. The van der Waals surface area contributed by atoms with Crippen LogP contribution in [0.25, 0.3) is 5.65 Å². The van der Waals surface area contributed by atoms with Crippen LogP contribution in [0.3, 0.4) is 0 Å². The Labute approximate surface area is 80.6 Å². The number of imidazole rings is 1. The van der Waals surface area contributed by atoms with Crippen molar-refractivity contribution in [2.24, 2.45) is 0 Å². The minimum atomic E-state index is 0.312. The van der Waals surface area contributed by atoms with E-state index in [9.17, 15) is 0 Å². The molecule has 0 aliphatic heterocycles. The number of fused-ring (bicyclic) bond motifs is 1. The first-order valence-corrected chi connectivity index (χ1v) is 4.05. The average Bonchev–Trinajstić information content (AvgIpc) is 2.56. The molecule has 2 aromatic heterocycles. The molecule has 2 heterocycles. The van der Waals surface area contributed by atoms with Crippen molar-refractivity contribution in [2.45, 2.75) is 6.92 Å². The molecule has 0 saturated carbocycles. The van der Waals surface area contributed by atoms with E-state index >= 15 is 0 Å². The van der Waals surface area contributed by atoms with Gasteiger partial charge in [0.2, 0.25) is 5.65 Å². The molecular weight excluding hydrogens is 180 g/mol. The predicted octanol–water partition coefficient (Wildman–Crippen LogP) is 0.918. The van der Waals surface area contributed by atoms with Crippen LogP contribution in [-0.2, 0) is 0 Å². The molecule has 0 radical (unpaired) electrons. The smallest absolute Gasteiger partial charge is 0.259 e. The van der Waals surface area contributed by atoms with Crippen molar-refractivity contribution in [3.8, 4) is 11.9 Å². The number of hydrogen-bond acceptors (Lipinski definition) is 4. The number of aryl methyl sites for hydroxylation is 1. The highest BCUT2D eigenvalue weighted by atomic mass is 16.5. The van der Waals surface area contributed by atoms with Crippen molar-refractivity contribution in [1.29, 1.82) is 5.26 Å². The molecule has 0 saturated heterocycles. The van der Waals surface area contributed by atoms with E-state index in [0.29, 0.717) is 17.2 Å². The summed E-state index contributed by atoms with van der Waals surface area (Å²) in [5, 5.41) is 8.72. The van der Waals surface area contributed by atoms with Gasteiger partial charge in [0, 0.05) is 12.4 Å². The van der Waals surface area contributed by atoms with Gasteiger partial charge >= 0.3 is 0 Å². The first kappa shape index (κ1) is 8.51. The summed E-state index contributed by atoms with van der Waals surface area (Å²) in [5.74, 6) is 0.372. The van der Waals surface area contributed by atoms with Crippen molar-refractivity contribution >= 4 is 5.65 Å². The minimum absolute atomic E-state index is 0.312. The highest BCUT2D eigenvalue weighted by Gasteiger charge is 2.08. The number of ether oxygens (including phenoxy) is 1. The minimum Gasteiger partial charge on any atom is -0.478 e. The van der Waals surface area contributed by atoms with Crippen LogP contribution in [0.15, 0.2) is 12.4 Å². The highest BCUT2D eigenvalue weighted by molar-refractivity contribution is 5.51. The molecule has 0 aliphatic rings. The molecule has 70 valence electrons. The zero-order chi connectivity index (χ0) is 10.1. The zero-order valence-corrected chi connectivity index (χ0v) is 7.85. The lowest BCUT2D eigenvalue weighted by molar-refractivity contribution is 0.399. The molecule has 0 amide bonds. The molecule has 2 aromatic rings. The SMILES string of the molecule is COc1nc(C#N)cn2cc(C)nc12. The maximum atomic E-state index is 8.72. The molecule has 0 N–H and O–H groups in total. The largest absolute Gasteiger partial charge is 0.478 e. The van der Waals surface area contributed by atoms with Gasteiger partial charge in [0.25, 0.3) is 5.88 Å². The number of rotatable bonds is 1. The number of aromatic nitrogens is 3. The van der Waals surface area contributed by atoms with Gasteiger partial charge in [-0.05, 0) is 6.92 Å². The van der Waals surface area contributed by atoms with Gasteiger partial charge in [-0.1, -0.05) is 0 Å². The van der Waals surface area contributed by atoms with E-state index in [1.54, 1.807) is 10.6 Å². The van der Waals surface area contributed by atoms with Gasteiger partial charge in [-0.25, -0.2) is 4.98 Å².